The Hall–Kier alpha value is -0.0800. The molecule has 0 bridgehead atoms. The van der Waals surface area contributed by atoms with E-state index in [1.807, 2.05) is 0 Å². The van der Waals surface area contributed by atoms with E-state index in [2.05, 4.69) is 37.9 Å². The second-order valence-corrected chi connectivity index (χ2v) is 5.85. The summed E-state index contributed by atoms with van der Waals surface area (Å²) in [5, 5.41) is 3.54. The van der Waals surface area contributed by atoms with Gasteiger partial charge < -0.3 is 10.2 Å². The van der Waals surface area contributed by atoms with Crippen LogP contribution in [0.1, 0.15) is 59.8 Å². The smallest absolute Gasteiger partial charge is 0.00900 e. The van der Waals surface area contributed by atoms with E-state index in [0.29, 0.717) is 6.04 Å². The Balaban J connectivity index is 2.17. The molecule has 17 heavy (non-hydrogen) atoms. The Labute approximate surface area is 108 Å². The normalized spacial score (nSPS) is 19.4. The molecule has 0 saturated carbocycles. The van der Waals surface area contributed by atoms with Gasteiger partial charge in [0.2, 0.25) is 0 Å². The molecule has 1 heterocycles. The minimum Gasteiger partial charge on any atom is -0.315 e. The lowest BCUT2D eigenvalue weighted by atomic mass is 9.92. The van der Waals surface area contributed by atoms with E-state index >= 15 is 0 Å². The highest BCUT2D eigenvalue weighted by Gasteiger charge is 2.22. The lowest BCUT2D eigenvalue weighted by Crippen LogP contribution is -2.41. The third kappa shape index (κ3) is 5.39. The fourth-order valence-corrected chi connectivity index (χ4v) is 2.99. The molecule has 1 N–H and O–H groups in total. The van der Waals surface area contributed by atoms with Crippen molar-refractivity contribution in [2.24, 2.45) is 5.92 Å². The SMILES string of the molecule is CCC(CC)N1CCC(CCNC(C)C)CC1. The molecule has 1 rings (SSSR count). The van der Waals surface area contributed by atoms with Crippen molar-refractivity contribution in [2.45, 2.75) is 71.9 Å². The van der Waals surface area contributed by atoms with Crippen molar-refractivity contribution in [3.8, 4) is 0 Å². The molecule has 102 valence electrons. The van der Waals surface area contributed by atoms with Crippen molar-refractivity contribution in [3.05, 3.63) is 0 Å². The van der Waals surface area contributed by atoms with Crippen LogP contribution >= 0.6 is 0 Å². The van der Waals surface area contributed by atoms with Crippen LogP contribution in [0.15, 0.2) is 0 Å². The molecular formula is C15H32N2. The largest absolute Gasteiger partial charge is 0.315 e. The summed E-state index contributed by atoms with van der Waals surface area (Å²) >= 11 is 0. The van der Waals surface area contributed by atoms with Crippen molar-refractivity contribution in [2.75, 3.05) is 19.6 Å². The molecule has 0 amide bonds. The number of likely N-dealkylation sites (tertiary alicyclic amines) is 1. The number of rotatable bonds is 7. The predicted molar refractivity (Wildman–Crippen MR) is 76.4 cm³/mol. The molecule has 0 aromatic heterocycles. The molecule has 2 nitrogen and oxygen atoms in total. The Bertz CT molecular complexity index is 179. The summed E-state index contributed by atoms with van der Waals surface area (Å²) in [4.78, 5) is 2.71. The van der Waals surface area contributed by atoms with Gasteiger partial charge in [0.15, 0.2) is 0 Å². The fraction of sp³-hybridized carbons (Fsp3) is 1.00. The summed E-state index contributed by atoms with van der Waals surface area (Å²) in [6.07, 6.45) is 6.83. The van der Waals surface area contributed by atoms with Crippen LogP contribution in [0, 0.1) is 5.92 Å². The maximum absolute atomic E-state index is 3.54. The molecule has 0 aromatic carbocycles. The van der Waals surface area contributed by atoms with Crippen LogP contribution in [0.4, 0.5) is 0 Å². The number of hydrogen-bond donors (Lipinski definition) is 1. The van der Waals surface area contributed by atoms with Gasteiger partial charge in [-0.25, -0.2) is 0 Å². The molecule has 0 aromatic rings. The van der Waals surface area contributed by atoms with Crippen LogP contribution in [0.25, 0.3) is 0 Å². The van der Waals surface area contributed by atoms with Gasteiger partial charge in [-0.1, -0.05) is 27.7 Å². The highest BCUT2D eigenvalue weighted by atomic mass is 15.2. The minimum atomic E-state index is 0.639. The second kappa shape index (κ2) is 8.10. The summed E-state index contributed by atoms with van der Waals surface area (Å²) in [6.45, 7) is 13.0. The van der Waals surface area contributed by atoms with Crippen molar-refractivity contribution >= 4 is 0 Å². The molecule has 2 heteroatoms. The van der Waals surface area contributed by atoms with Crippen molar-refractivity contribution in [1.29, 1.82) is 0 Å². The summed E-state index contributed by atoms with van der Waals surface area (Å²) in [6, 6.07) is 1.48. The molecule has 0 unspecified atom stereocenters. The van der Waals surface area contributed by atoms with Gasteiger partial charge in [-0.15, -0.1) is 0 Å². The summed E-state index contributed by atoms with van der Waals surface area (Å²) < 4.78 is 0. The average Bonchev–Trinajstić information content (AvgIpc) is 2.32. The zero-order valence-electron chi connectivity index (χ0n) is 12.3. The first-order valence-corrected chi connectivity index (χ1v) is 7.64. The van der Waals surface area contributed by atoms with Crippen molar-refractivity contribution in [3.63, 3.8) is 0 Å². The molecule has 1 aliphatic heterocycles. The van der Waals surface area contributed by atoms with Gasteiger partial charge in [-0.3, -0.25) is 0 Å². The minimum absolute atomic E-state index is 0.639. The molecule has 0 atom stereocenters. The zero-order valence-corrected chi connectivity index (χ0v) is 12.3. The highest BCUT2D eigenvalue weighted by molar-refractivity contribution is 4.77. The van der Waals surface area contributed by atoms with E-state index in [0.717, 1.165) is 12.0 Å². The van der Waals surface area contributed by atoms with Gasteiger partial charge in [-0.2, -0.15) is 0 Å². The number of nitrogens with one attached hydrogen (secondary N) is 1. The summed E-state index contributed by atoms with van der Waals surface area (Å²) in [7, 11) is 0. The number of hydrogen-bond acceptors (Lipinski definition) is 2. The molecule has 0 radical (unpaired) electrons. The topological polar surface area (TPSA) is 15.3 Å². The van der Waals surface area contributed by atoms with Gasteiger partial charge in [0.25, 0.3) is 0 Å². The van der Waals surface area contributed by atoms with E-state index < -0.39 is 0 Å². The van der Waals surface area contributed by atoms with Gasteiger partial charge >= 0.3 is 0 Å². The zero-order chi connectivity index (χ0) is 12.7. The third-order valence-electron chi connectivity index (χ3n) is 4.21. The first-order chi connectivity index (χ1) is 8.17. The Morgan fingerprint density at radius 2 is 1.71 bits per heavy atom. The molecular weight excluding hydrogens is 208 g/mol. The standard InChI is InChI=1S/C15H32N2/c1-5-15(6-2)17-11-8-14(9-12-17)7-10-16-13(3)4/h13-16H,5-12H2,1-4H3. The first-order valence-electron chi connectivity index (χ1n) is 7.64. The molecule has 0 spiro atoms. The number of nitrogens with zero attached hydrogens (tertiary/aromatic N) is 1. The summed E-state index contributed by atoms with van der Waals surface area (Å²) in [5.74, 6) is 0.965. The van der Waals surface area contributed by atoms with Gasteiger partial charge in [-0.05, 0) is 57.7 Å². The maximum Gasteiger partial charge on any atom is 0.00900 e. The maximum atomic E-state index is 3.54. The van der Waals surface area contributed by atoms with Gasteiger partial charge in [0.05, 0.1) is 0 Å². The van der Waals surface area contributed by atoms with E-state index in [1.165, 1.54) is 51.7 Å². The molecule has 0 aliphatic carbocycles. The number of piperidine rings is 1. The first kappa shape index (κ1) is 15.0. The predicted octanol–water partition coefficient (Wildman–Crippen LogP) is 3.28. The molecule has 1 aliphatic rings. The van der Waals surface area contributed by atoms with Crippen LogP contribution in [0.2, 0.25) is 0 Å². The quantitative estimate of drug-likeness (QED) is 0.735. The molecule has 1 fully saturated rings. The summed E-state index contributed by atoms with van der Waals surface area (Å²) in [5.41, 5.74) is 0. The van der Waals surface area contributed by atoms with E-state index in [-0.39, 0.29) is 0 Å². The monoisotopic (exact) mass is 240 g/mol. The Morgan fingerprint density at radius 1 is 1.12 bits per heavy atom. The van der Waals surface area contributed by atoms with Crippen LogP contribution in [0.3, 0.4) is 0 Å². The second-order valence-electron chi connectivity index (χ2n) is 5.85. The lowest BCUT2D eigenvalue weighted by molar-refractivity contribution is 0.122. The third-order valence-corrected chi connectivity index (χ3v) is 4.21. The average molecular weight is 240 g/mol. The van der Waals surface area contributed by atoms with Crippen LogP contribution in [0.5, 0.6) is 0 Å². The van der Waals surface area contributed by atoms with E-state index in [1.54, 1.807) is 0 Å². The fourth-order valence-electron chi connectivity index (χ4n) is 2.99. The van der Waals surface area contributed by atoms with Gasteiger partial charge in [0.1, 0.15) is 0 Å². The van der Waals surface area contributed by atoms with Crippen LogP contribution in [-0.4, -0.2) is 36.6 Å². The molecule has 1 saturated heterocycles. The lowest BCUT2D eigenvalue weighted by Gasteiger charge is -2.37. The van der Waals surface area contributed by atoms with Crippen LogP contribution < -0.4 is 5.32 Å². The van der Waals surface area contributed by atoms with E-state index in [4.69, 9.17) is 0 Å². The van der Waals surface area contributed by atoms with Gasteiger partial charge in [0, 0.05) is 12.1 Å². The van der Waals surface area contributed by atoms with Crippen molar-refractivity contribution < 1.29 is 0 Å². The Kier molecular flexibility index (Phi) is 7.14. The van der Waals surface area contributed by atoms with Crippen LogP contribution in [-0.2, 0) is 0 Å². The highest BCUT2D eigenvalue weighted by Crippen LogP contribution is 2.23. The van der Waals surface area contributed by atoms with Crippen molar-refractivity contribution in [1.82, 2.24) is 10.2 Å². The Morgan fingerprint density at radius 3 is 2.18 bits per heavy atom. The van der Waals surface area contributed by atoms with E-state index in [9.17, 15) is 0 Å².